The summed E-state index contributed by atoms with van der Waals surface area (Å²) in [4.78, 5) is 6.80. The molecule has 0 saturated carbocycles. The van der Waals surface area contributed by atoms with Crippen molar-refractivity contribution < 1.29 is 5.11 Å². The molecular formula is C18H22N2O. The van der Waals surface area contributed by atoms with Gasteiger partial charge >= 0.3 is 0 Å². The van der Waals surface area contributed by atoms with Crippen LogP contribution in [0.5, 0.6) is 0 Å². The van der Waals surface area contributed by atoms with E-state index >= 15 is 0 Å². The lowest BCUT2D eigenvalue weighted by Crippen LogP contribution is -2.26. The van der Waals surface area contributed by atoms with Gasteiger partial charge in [-0.2, -0.15) is 0 Å². The predicted octanol–water partition coefficient (Wildman–Crippen LogP) is 3.13. The maximum absolute atomic E-state index is 9.82. The molecular weight excluding hydrogens is 260 g/mol. The maximum atomic E-state index is 9.82. The molecule has 3 heteroatoms. The van der Waals surface area contributed by atoms with Gasteiger partial charge in [0.15, 0.2) is 0 Å². The average molecular weight is 282 g/mol. The molecule has 0 radical (unpaired) electrons. The number of anilines is 1. The molecule has 110 valence electrons. The van der Waals surface area contributed by atoms with E-state index in [1.54, 1.807) is 0 Å². The molecule has 0 amide bonds. The first-order valence-corrected chi connectivity index (χ1v) is 7.73. The van der Waals surface area contributed by atoms with Crippen LogP contribution in [0.3, 0.4) is 0 Å². The van der Waals surface area contributed by atoms with E-state index in [9.17, 15) is 5.11 Å². The molecule has 0 aliphatic carbocycles. The Labute approximate surface area is 126 Å². The summed E-state index contributed by atoms with van der Waals surface area (Å²) < 4.78 is 0. The summed E-state index contributed by atoms with van der Waals surface area (Å²) in [5.74, 6) is 0. The molecule has 3 nitrogen and oxygen atoms in total. The van der Waals surface area contributed by atoms with Crippen LogP contribution in [-0.4, -0.2) is 23.2 Å². The lowest BCUT2D eigenvalue weighted by Gasteiger charge is -2.22. The molecule has 2 aromatic rings. The number of fused-ring (bicyclic) bond motifs is 1. The highest BCUT2D eigenvalue weighted by Crippen LogP contribution is 2.22. The van der Waals surface area contributed by atoms with E-state index in [-0.39, 0.29) is 0 Å². The number of hydrogen-bond acceptors (Lipinski definition) is 3. The van der Waals surface area contributed by atoms with E-state index < -0.39 is 6.10 Å². The number of aliphatic hydroxyl groups excluding tert-OH is 1. The normalized spacial score (nSPS) is 16.2. The number of hydrogen-bond donors (Lipinski definition) is 1. The average Bonchev–Trinajstić information content (AvgIpc) is 2.77. The third-order valence-electron chi connectivity index (χ3n) is 4.28. The van der Waals surface area contributed by atoms with Crippen LogP contribution in [0.2, 0.25) is 0 Å². The lowest BCUT2D eigenvalue weighted by atomic mass is 10.0. The van der Waals surface area contributed by atoms with Crippen LogP contribution < -0.4 is 4.90 Å². The molecule has 0 bridgehead atoms. The Bertz CT molecular complexity index is 567. The fraction of sp³-hybridized carbons (Fsp3) is 0.389. The van der Waals surface area contributed by atoms with Gasteiger partial charge < -0.3 is 10.0 Å². The maximum Gasteiger partial charge on any atom is 0.0957 e. The van der Waals surface area contributed by atoms with E-state index in [0.717, 1.165) is 37.3 Å². The monoisotopic (exact) mass is 282 g/mol. The first kappa shape index (κ1) is 14.1. The largest absolute Gasteiger partial charge is 0.387 e. The summed E-state index contributed by atoms with van der Waals surface area (Å²) in [5.41, 5.74) is 4.84. The Kier molecular flexibility index (Phi) is 4.20. The number of benzene rings is 1. The fourth-order valence-corrected chi connectivity index (χ4v) is 2.92. The van der Waals surface area contributed by atoms with Crippen LogP contribution in [0.4, 0.5) is 5.69 Å². The Balaban J connectivity index is 1.74. The number of aromatic nitrogens is 1. The highest BCUT2D eigenvalue weighted by Gasteiger charge is 2.15. The number of nitrogens with zero attached hydrogens (tertiary/aromatic N) is 2. The predicted molar refractivity (Wildman–Crippen MR) is 85.6 cm³/mol. The van der Waals surface area contributed by atoms with E-state index in [2.05, 4.69) is 40.2 Å². The summed E-state index contributed by atoms with van der Waals surface area (Å²) >= 11 is 0. The summed E-state index contributed by atoms with van der Waals surface area (Å²) in [5, 5.41) is 9.82. The first-order valence-electron chi connectivity index (χ1n) is 7.73. The zero-order chi connectivity index (χ0) is 14.7. The van der Waals surface area contributed by atoms with Gasteiger partial charge in [0.2, 0.25) is 0 Å². The van der Waals surface area contributed by atoms with Crippen LogP contribution in [-0.2, 0) is 12.8 Å². The highest BCUT2D eigenvalue weighted by molar-refractivity contribution is 5.46. The third kappa shape index (κ3) is 3.08. The van der Waals surface area contributed by atoms with Crippen molar-refractivity contribution in [1.29, 1.82) is 0 Å². The van der Waals surface area contributed by atoms with Crippen molar-refractivity contribution in [1.82, 2.24) is 4.98 Å². The number of pyridine rings is 1. The molecule has 1 aromatic heterocycles. The van der Waals surface area contributed by atoms with Gasteiger partial charge in [-0.15, -0.1) is 0 Å². The van der Waals surface area contributed by atoms with Gasteiger partial charge in [-0.25, -0.2) is 0 Å². The topological polar surface area (TPSA) is 36.4 Å². The molecule has 0 saturated heterocycles. The molecule has 3 rings (SSSR count). The molecule has 1 aliphatic rings. The quantitative estimate of drug-likeness (QED) is 0.939. The van der Waals surface area contributed by atoms with Crippen LogP contribution >= 0.6 is 0 Å². The van der Waals surface area contributed by atoms with Crippen LogP contribution in [0.25, 0.3) is 0 Å². The molecule has 0 unspecified atom stereocenters. The van der Waals surface area contributed by atoms with Gasteiger partial charge in [-0.05, 0) is 42.5 Å². The molecule has 1 aliphatic heterocycles. The fourth-order valence-electron chi connectivity index (χ4n) is 2.92. The second-order valence-corrected chi connectivity index (χ2v) is 5.62. The van der Waals surface area contributed by atoms with Crippen LogP contribution in [0, 0.1) is 0 Å². The van der Waals surface area contributed by atoms with Crippen molar-refractivity contribution in [3.63, 3.8) is 0 Å². The molecule has 1 aromatic carbocycles. The minimum Gasteiger partial charge on any atom is -0.387 e. The van der Waals surface area contributed by atoms with Crippen molar-refractivity contribution in [3.05, 3.63) is 59.4 Å². The van der Waals surface area contributed by atoms with Crippen molar-refractivity contribution in [2.24, 2.45) is 0 Å². The standard InChI is InChI=1S/C18H22N2O/c1-2-18(21)17-8-7-16(13-19-17)20-11-9-14-5-3-4-6-15(14)10-12-20/h3-8,13,18,21H,2,9-12H2,1H3/t18-/m1/s1. The van der Waals surface area contributed by atoms with Gasteiger partial charge in [-0.1, -0.05) is 31.2 Å². The summed E-state index contributed by atoms with van der Waals surface area (Å²) in [6.07, 6.45) is 4.30. The van der Waals surface area contributed by atoms with E-state index in [0.29, 0.717) is 6.42 Å². The zero-order valence-electron chi connectivity index (χ0n) is 12.5. The van der Waals surface area contributed by atoms with Crippen molar-refractivity contribution >= 4 is 5.69 Å². The Morgan fingerprint density at radius 3 is 2.29 bits per heavy atom. The van der Waals surface area contributed by atoms with Gasteiger partial charge in [0.1, 0.15) is 0 Å². The van der Waals surface area contributed by atoms with Crippen molar-refractivity contribution in [3.8, 4) is 0 Å². The van der Waals surface area contributed by atoms with Gasteiger partial charge in [0, 0.05) is 13.1 Å². The summed E-state index contributed by atoms with van der Waals surface area (Å²) in [6, 6.07) is 12.7. The van der Waals surface area contributed by atoms with Gasteiger partial charge in [0.25, 0.3) is 0 Å². The minimum absolute atomic E-state index is 0.451. The summed E-state index contributed by atoms with van der Waals surface area (Å²) in [7, 11) is 0. The van der Waals surface area contributed by atoms with Gasteiger partial charge in [-0.3, -0.25) is 4.98 Å². The Hall–Kier alpha value is -1.87. The molecule has 2 heterocycles. The molecule has 1 atom stereocenters. The van der Waals surface area contributed by atoms with E-state index in [1.807, 2.05) is 19.2 Å². The van der Waals surface area contributed by atoms with E-state index in [4.69, 9.17) is 0 Å². The van der Waals surface area contributed by atoms with Crippen molar-refractivity contribution in [2.75, 3.05) is 18.0 Å². The smallest absolute Gasteiger partial charge is 0.0957 e. The molecule has 21 heavy (non-hydrogen) atoms. The van der Waals surface area contributed by atoms with Crippen molar-refractivity contribution in [2.45, 2.75) is 32.3 Å². The van der Waals surface area contributed by atoms with Crippen LogP contribution in [0.15, 0.2) is 42.6 Å². The van der Waals surface area contributed by atoms with Gasteiger partial charge in [0.05, 0.1) is 23.7 Å². The Morgan fingerprint density at radius 2 is 1.76 bits per heavy atom. The first-order chi connectivity index (χ1) is 10.3. The molecule has 1 N–H and O–H groups in total. The second-order valence-electron chi connectivity index (χ2n) is 5.62. The highest BCUT2D eigenvalue weighted by atomic mass is 16.3. The van der Waals surface area contributed by atoms with Crippen LogP contribution in [0.1, 0.15) is 36.3 Å². The molecule has 0 spiro atoms. The minimum atomic E-state index is -0.451. The van der Waals surface area contributed by atoms with E-state index in [1.165, 1.54) is 11.1 Å². The SMILES string of the molecule is CC[C@@H](O)c1ccc(N2CCc3ccccc3CC2)cn1. The lowest BCUT2D eigenvalue weighted by molar-refractivity contribution is 0.169. The summed E-state index contributed by atoms with van der Waals surface area (Å²) in [6.45, 7) is 4.01. The zero-order valence-corrected chi connectivity index (χ0v) is 12.5. The second kappa shape index (κ2) is 6.27. The molecule has 0 fully saturated rings. The number of aliphatic hydroxyl groups is 1. The number of rotatable bonds is 3. The Morgan fingerprint density at radius 1 is 1.10 bits per heavy atom. The third-order valence-corrected chi connectivity index (χ3v) is 4.28.